The monoisotopic (exact) mass is 275 g/mol. The number of hydrogen-bond acceptors (Lipinski definition) is 6. The molecule has 2 aromatic rings. The van der Waals surface area contributed by atoms with Gasteiger partial charge in [-0.1, -0.05) is 0 Å². The minimum absolute atomic E-state index is 0.0530. The van der Waals surface area contributed by atoms with Gasteiger partial charge in [0.15, 0.2) is 0 Å². The zero-order valence-electron chi connectivity index (χ0n) is 9.61. The van der Waals surface area contributed by atoms with Crippen LogP contribution in [-0.4, -0.2) is 18.4 Å². The van der Waals surface area contributed by atoms with Crippen LogP contribution in [0.3, 0.4) is 0 Å². The number of nitrogens with zero attached hydrogens (tertiary/aromatic N) is 3. The maximum Gasteiger partial charge on any atom is 0.263 e. The number of hydrogen-bond donors (Lipinski definition) is 2. The molecule has 0 amide bonds. The molecule has 0 radical (unpaired) electrons. The van der Waals surface area contributed by atoms with Crippen molar-refractivity contribution in [2.45, 2.75) is 4.90 Å². The Kier molecular flexibility index (Phi) is 3.31. The first-order valence-electron chi connectivity index (χ1n) is 5.11. The molecule has 2 heterocycles. The van der Waals surface area contributed by atoms with E-state index in [1.54, 1.807) is 0 Å². The van der Waals surface area contributed by atoms with Crippen LogP contribution >= 0.6 is 0 Å². The number of rotatable bonds is 3. The highest BCUT2D eigenvalue weighted by atomic mass is 32.2. The van der Waals surface area contributed by atoms with Crippen molar-refractivity contribution in [1.29, 1.82) is 5.26 Å². The normalized spacial score (nSPS) is 10.7. The summed E-state index contributed by atoms with van der Waals surface area (Å²) < 4.78 is 26.4. The van der Waals surface area contributed by atoms with Crippen LogP contribution in [0.15, 0.2) is 41.7 Å². The maximum absolute atomic E-state index is 12.0. The molecule has 19 heavy (non-hydrogen) atoms. The van der Waals surface area contributed by atoms with E-state index in [-0.39, 0.29) is 22.0 Å². The fourth-order valence-corrected chi connectivity index (χ4v) is 2.34. The molecule has 0 bridgehead atoms. The first kappa shape index (κ1) is 12.8. The standard InChI is InChI=1S/C11H9N5O2S/c12-5-8-1-2-9(6-15-8)19(17,18)16-11-3-4-14-7-10(11)13/h1-4,6-7H,13H2,(H,14,16). The van der Waals surface area contributed by atoms with Gasteiger partial charge in [0.1, 0.15) is 16.7 Å². The van der Waals surface area contributed by atoms with Crippen LogP contribution in [0.1, 0.15) is 5.69 Å². The van der Waals surface area contributed by atoms with Crippen molar-refractivity contribution in [1.82, 2.24) is 9.97 Å². The van der Waals surface area contributed by atoms with Gasteiger partial charge >= 0.3 is 0 Å². The van der Waals surface area contributed by atoms with E-state index in [1.165, 1.54) is 30.6 Å². The molecule has 2 rings (SSSR count). The molecule has 0 saturated heterocycles. The molecule has 2 aromatic heterocycles. The Hall–Kier alpha value is -2.66. The molecule has 3 N–H and O–H groups in total. The third kappa shape index (κ3) is 2.78. The molecule has 0 saturated carbocycles. The topological polar surface area (TPSA) is 122 Å². The van der Waals surface area contributed by atoms with E-state index in [1.807, 2.05) is 6.07 Å². The Morgan fingerprint density at radius 1 is 1.26 bits per heavy atom. The molecule has 96 valence electrons. The summed E-state index contributed by atoms with van der Waals surface area (Å²) >= 11 is 0. The van der Waals surface area contributed by atoms with Crippen LogP contribution < -0.4 is 10.5 Å². The minimum Gasteiger partial charge on any atom is -0.396 e. The molecular weight excluding hydrogens is 266 g/mol. The third-order valence-corrected chi connectivity index (χ3v) is 3.61. The lowest BCUT2D eigenvalue weighted by Gasteiger charge is -2.09. The second-order valence-electron chi connectivity index (χ2n) is 3.56. The van der Waals surface area contributed by atoms with Crippen LogP contribution in [0, 0.1) is 11.3 Å². The fourth-order valence-electron chi connectivity index (χ4n) is 1.31. The summed E-state index contributed by atoms with van der Waals surface area (Å²) in [6, 6.07) is 5.88. The Morgan fingerprint density at radius 2 is 2.05 bits per heavy atom. The van der Waals surface area contributed by atoms with Gasteiger partial charge in [-0.05, 0) is 18.2 Å². The lowest BCUT2D eigenvalue weighted by molar-refractivity contribution is 0.601. The van der Waals surface area contributed by atoms with Gasteiger partial charge in [-0.25, -0.2) is 13.4 Å². The van der Waals surface area contributed by atoms with Crippen molar-refractivity contribution in [3.63, 3.8) is 0 Å². The summed E-state index contributed by atoms with van der Waals surface area (Å²) in [6.07, 6.45) is 3.87. The summed E-state index contributed by atoms with van der Waals surface area (Å²) in [6.45, 7) is 0. The summed E-state index contributed by atoms with van der Waals surface area (Å²) in [5.41, 5.74) is 6.20. The lowest BCUT2D eigenvalue weighted by atomic mass is 10.4. The van der Waals surface area contributed by atoms with E-state index in [4.69, 9.17) is 11.0 Å². The van der Waals surface area contributed by atoms with Gasteiger partial charge in [0, 0.05) is 12.4 Å². The highest BCUT2D eigenvalue weighted by Crippen LogP contribution is 2.20. The van der Waals surface area contributed by atoms with Gasteiger partial charge < -0.3 is 5.73 Å². The highest BCUT2D eigenvalue weighted by molar-refractivity contribution is 7.92. The molecule has 0 aromatic carbocycles. The molecule has 0 spiro atoms. The zero-order chi connectivity index (χ0) is 13.9. The number of nitrogens with two attached hydrogens (primary N) is 1. The number of aromatic nitrogens is 2. The van der Waals surface area contributed by atoms with E-state index in [2.05, 4.69) is 14.7 Å². The van der Waals surface area contributed by atoms with Gasteiger partial charge in [-0.3, -0.25) is 9.71 Å². The van der Waals surface area contributed by atoms with Gasteiger partial charge in [-0.15, -0.1) is 0 Å². The number of anilines is 2. The van der Waals surface area contributed by atoms with E-state index in [9.17, 15) is 8.42 Å². The number of sulfonamides is 1. The Bertz CT molecular complexity index is 734. The maximum atomic E-state index is 12.0. The average molecular weight is 275 g/mol. The summed E-state index contributed by atoms with van der Waals surface area (Å²) in [7, 11) is -3.79. The molecule has 0 atom stereocenters. The molecule has 0 fully saturated rings. The summed E-state index contributed by atoms with van der Waals surface area (Å²) in [4.78, 5) is 7.41. The molecule has 0 unspecified atom stereocenters. The predicted molar refractivity (Wildman–Crippen MR) is 68.4 cm³/mol. The third-order valence-electron chi connectivity index (χ3n) is 2.26. The molecule has 8 heteroatoms. The average Bonchev–Trinajstić information content (AvgIpc) is 2.41. The van der Waals surface area contributed by atoms with Crippen molar-refractivity contribution < 1.29 is 8.42 Å². The van der Waals surface area contributed by atoms with E-state index in [0.29, 0.717) is 0 Å². The first-order valence-corrected chi connectivity index (χ1v) is 6.60. The molecular formula is C11H9N5O2S. The lowest BCUT2D eigenvalue weighted by Crippen LogP contribution is -2.14. The Balaban J connectivity index is 2.33. The molecule has 0 aliphatic carbocycles. The summed E-state index contributed by atoms with van der Waals surface area (Å²) in [5.74, 6) is 0. The van der Waals surface area contributed by atoms with E-state index >= 15 is 0 Å². The number of nitrogens with one attached hydrogen (secondary N) is 1. The van der Waals surface area contributed by atoms with Gasteiger partial charge in [0.2, 0.25) is 0 Å². The fraction of sp³-hybridized carbons (Fsp3) is 0. The highest BCUT2D eigenvalue weighted by Gasteiger charge is 2.15. The minimum atomic E-state index is -3.79. The van der Waals surface area contributed by atoms with Crippen molar-refractivity contribution in [3.8, 4) is 6.07 Å². The van der Waals surface area contributed by atoms with Crippen LogP contribution in [0.5, 0.6) is 0 Å². The first-order chi connectivity index (χ1) is 9.03. The van der Waals surface area contributed by atoms with Crippen LogP contribution in [0.2, 0.25) is 0 Å². The van der Waals surface area contributed by atoms with E-state index in [0.717, 1.165) is 6.20 Å². The molecule has 0 aliphatic rings. The number of nitriles is 1. The van der Waals surface area contributed by atoms with Gasteiger partial charge in [-0.2, -0.15) is 5.26 Å². The van der Waals surface area contributed by atoms with Crippen molar-refractivity contribution in [2.75, 3.05) is 10.5 Å². The summed E-state index contributed by atoms with van der Waals surface area (Å²) in [5, 5.41) is 8.60. The second kappa shape index (κ2) is 4.91. The number of pyridine rings is 2. The Morgan fingerprint density at radius 3 is 2.63 bits per heavy atom. The quantitative estimate of drug-likeness (QED) is 0.851. The van der Waals surface area contributed by atoms with Crippen molar-refractivity contribution in [2.24, 2.45) is 0 Å². The largest absolute Gasteiger partial charge is 0.396 e. The second-order valence-corrected chi connectivity index (χ2v) is 5.24. The van der Waals surface area contributed by atoms with Crippen LogP contribution in [-0.2, 0) is 10.0 Å². The molecule has 0 aliphatic heterocycles. The Labute approximate surface area is 109 Å². The van der Waals surface area contributed by atoms with E-state index < -0.39 is 10.0 Å². The van der Waals surface area contributed by atoms with Gasteiger partial charge in [0.25, 0.3) is 10.0 Å². The van der Waals surface area contributed by atoms with Crippen LogP contribution in [0.4, 0.5) is 11.4 Å². The van der Waals surface area contributed by atoms with Crippen molar-refractivity contribution in [3.05, 3.63) is 42.5 Å². The van der Waals surface area contributed by atoms with Gasteiger partial charge in [0.05, 0.1) is 17.6 Å². The SMILES string of the molecule is N#Cc1ccc(S(=O)(=O)Nc2ccncc2N)cn1. The predicted octanol–water partition coefficient (Wildman–Crippen LogP) is 0.731. The van der Waals surface area contributed by atoms with Crippen LogP contribution in [0.25, 0.3) is 0 Å². The zero-order valence-corrected chi connectivity index (χ0v) is 10.4. The number of nitrogen functional groups attached to an aromatic ring is 1. The molecule has 7 nitrogen and oxygen atoms in total. The van der Waals surface area contributed by atoms with Crippen molar-refractivity contribution >= 4 is 21.4 Å². The smallest absolute Gasteiger partial charge is 0.263 e.